The third kappa shape index (κ3) is 4.36. The zero-order valence-corrected chi connectivity index (χ0v) is 12.8. The van der Waals surface area contributed by atoms with Gasteiger partial charge in [-0.3, -0.25) is 4.90 Å². The van der Waals surface area contributed by atoms with Crippen LogP contribution in [0, 0.1) is 11.6 Å². The molecule has 1 unspecified atom stereocenters. The van der Waals surface area contributed by atoms with Crippen LogP contribution in [0.5, 0.6) is 0 Å². The van der Waals surface area contributed by atoms with Gasteiger partial charge in [0.1, 0.15) is 11.6 Å². The number of hydrogen-bond acceptors (Lipinski definition) is 2. The molecule has 2 aromatic carbocycles. The van der Waals surface area contributed by atoms with Crippen LogP contribution in [0.15, 0.2) is 48.5 Å². The molecule has 0 aromatic heterocycles. The molecule has 2 nitrogen and oxygen atoms in total. The zero-order chi connectivity index (χ0) is 16.1. The van der Waals surface area contributed by atoms with E-state index in [2.05, 4.69) is 0 Å². The van der Waals surface area contributed by atoms with Gasteiger partial charge in [0.2, 0.25) is 0 Å². The highest BCUT2D eigenvalue weighted by atomic mass is 19.1. The van der Waals surface area contributed by atoms with Gasteiger partial charge in [-0.1, -0.05) is 30.3 Å². The maximum atomic E-state index is 13.8. The number of nitrogens with zero attached hydrogens (tertiary/aromatic N) is 1. The maximum Gasteiger partial charge on any atom is 0.129 e. The monoisotopic (exact) mass is 305 g/mol. The molecule has 1 N–H and O–H groups in total. The second kappa shape index (κ2) is 7.47. The summed E-state index contributed by atoms with van der Waals surface area (Å²) in [5, 5.41) is 10.3. The van der Waals surface area contributed by atoms with Gasteiger partial charge in [0.25, 0.3) is 0 Å². The number of benzene rings is 2. The summed E-state index contributed by atoms with van der Waals surface area (Å²) in [5.74, 6) is -1.13. The molecule has 0 heterocycles. The van der Waals surface area contributed by atoms with Crippen molar-refractivity contribution in [1.29, 1.82) is 0 Å². The molecule has 4 heteroatoms. The second-order valence-corrected chi connectivity index (χ2v) is 5.69. The van der Waals surface area contributed by atoms with Gasteiger partial charge in [-0.2, -0.15) is 0 Å². The molecular formula is C18H21F2NO. The van der Waals surface area contributed by atoms with Crippen molar-refractivity contribution in [3.8, 4) is 0 Å². The molecule has 2 rings (SSSR count). The van der Waals surface area contributed by atoms with Gasteiger partial charge in [-0.25, -0.2) is 8.78 Å². The van der Waals surface area contributed by atoms with Crippen LogP contribution in [0.1, 0.15) is 31.1 Å². The van der Waals surface area contributed by atoms with Crippen molar-refractivity contribution >= 4 is 0 Å². The predicted octanol–water partition coefficient (Wildman–Crippen LogP) is 3.91. The van der Waals surface area contributed by atoms with Gasteiger partial charge in [0, 0.05) is 24.7 Å². The van der Waals surface area contributed by atoms with Crippen molar-refractivity contribution in [3.05, 3.63) is 71.3 Å². The molecular weight excluding hydrogens is 284 g/mol. The average Bonchev–Trinajstić information content (AvgIpc) is 2.50. The minimum Gasteiger partial charge on any atom is -0.387 e. The molecule has 2 aromatic rings. The average molecular weight is 305 g/mol. The predicted molar refractivity (Wildman–Crippen MR) is 83.3 cm³/mol. The van der Waals surface area contributed by atoms with Crippen molar-refractivity contribution in [2.75, 3.05) is 6.54 Å². The number of hydrogen-bond donors (Lipinski definition) is 1. The summed E-state index contributed by atoms with van der Waals surface area (Å²) in [6.45, 7) is 4.91. The molecule has 0 fully saturated rings. The largest absolute Gasteiger partial charge is 0.387 e. The van der Waals surface area contributed by atoms with E-state index in [9.17, 15) is 13.9 Å². The minimum absolute atomic E-state index is 0.00119. The molecule has 0 aliphatic rings. The van der Waals surface area contributed by atoms with Crippen LogP contribution >= 0.6 is 0 Å². The van der Waals surface area contributed by atoms with E-state index in [0.717, 1.165) is 23.8 Å². The van der Waals surface area contributed by atoms with Crippen molar-refractivity contribution < 1.29 is 13.9 Å². The highest BCUT2D eigenvalue weighted by molar-refractivity contribution is 5.21. The normalized spacial score (nSPS) is 12.9. The standard InChI is InChI=1S/C18H21F2NO/c1-13(2)21(11-14-6-4-3-5-7-14)12-18(22)16-10-15(19)8-9-17(16)20/h3-10,13,18,22H,11-12H2,1-2H3. The number of aliphatic hydroxyl groups is 1. The van der Waals surface area contributed by atoms with Crippen LogP contribution in [-0.2, 0) is 6.54 Å². The topological polar surface area (TPSA) is 23.5 Å². The molecule has 118 valence electrons. The van der Waals surface area contributed by atoms with Crippen LogP contribution in [0.3, 0.4) is 0 Å². The van der Waals surface area contributed by atoms with E-state index >= 15 is 0 Å². The third-order valence-electron chi connectivity index (χ3n) is 3.68. The Morgan fingerprint density at radius 3 is 2.36 bits per heavy atom. The Bertz CT molecular complexity index is 601. The lowest BCUT2D eigenvalue weighted by Gasteiger charge is -2.29. The van der Waals surface area contributed by atoms with Crippen LogP contribution < -0.4 is 0 Å². The summed E-state index contributed by atoms with van der Waals surface area (Å²) >= 11 is 0. The molecule has 0 bridgehead atoms. The van der Waals surface area contributed by atoms with Crippen molar-refractivity contribution in [2.24, 2.45) is 0 Å². The van der Waals surface area contributed by atoms with Crippen molar-refractivity contribution in [3.63, 3.8) is 0 Å². The van der Waals surface area contributed by atoms with Crippen LogP contribution in [0.2, 0.25) is 0 Å². The first kappa shape index (κ1) is 16.6. The fourth-order valence-electron chi connectivity index (χ4n) is 2.37. The Labute approximate surface area is 130 Å². The van der Waals surface area contributed by atoms with E-state index in [0.29, 0.717) is 6.54 Å². The van der Waals surface area contributed by atoms with Crippen LogP contribution in [0.4, 0.5) is 8.78 Å². The van der Waals surface area contributed by atoms with Gasteiger partial charge in [0.15, 0.2) is 0 Å². The first-order valence-corrected chi connectivity index (χ1v) is 7.38. The fourth-order valence-corrected chi connectivity index (χ4v) is 2.37. The summed E-state index contributed by atoms with van der Waals surface area (Å²) in [7, 11) is 0. The van der Waals surface area contributed by atoms with E-state index in [-0.39, 0.29) is 18.2 Å². The van der Waals surface area contributed by atoms with E-state index in [4.69, 9.17) is 0 Å². The summed E-state index contributed by atoms with van der Waals surface area (Å²) < 4.78 is 27.0. The van der Waals surface area contributed by atoms with Gasteiger partial charge in [0.05, 0.1) is 6.10 Å². The molecule has 0 radical (unpaired) electrons. The molecule has 0 saturated carbocycles. The Morgan fingerprint density at radius 2 is 1.73 bits per heavy atom. The van der Waals surface area contributed by atoms with Crippen molar-refractivity contribution in [1.82, 2.24) is 4.90 Å². The Morgan fingerprint density at radius 1 is 1.05 bits per heavy atom. The van der Waals surface area contributed by atoms with Gasteiger partial charge in [-0.15, -0.1) is 0 Å². The van der Waals surface area contributed by atoms with E-state index in [1.165, 1.54) is 0 Å². The SMILES string of the molecule is CC(C)N(Cc1ccccc1)CC(O)c1cc(F)ccc1F. The van der Waals surface area contributed by atoms with Gasteiger partial charge in [-0.05, 0) is 37.6 Å². The molecule has 0 aliphatic carbocycles. The van der Waals surface area contributed by atoms with E-state index < -0.39 is 17.7 Å². The van der Waals surface area contributed by atoms with Crippen LogP contribution in [0.25, 0.3) is 0 Å². The maximum absolute atomic E-state index is 13.8. The Kier molecular flexibility index (Phi) is 5.63. The van der Waals surface area contributed by atoms with Gasteiger partial charge >= 0.3 is 0 Å². The van der Waals surface area contributed by atoms with E-state index in [1.54, 1.807) is 0 Å². The lowest BCUT2D eigenvalue weighted by Crippen LogP contribution is -2.34. The molecule has 0 aliphatic heterocycles. The molecule has 0 amide bonds. The molecule has 0 saturated heterocycles. The van der Waals surface area contributed by atoms with Crippen molar-refractivity contribution in [2.45, 2.75) is 32.5 Å². The van der Waals surface area contributed by atoms with E-state index in [1.807, 2.05) is 49.1 Å². The summed E-state index contributed by atoms with van der Waals surface area (Å²) in [6, 6.07) is 13.2. The summed E-state index contributed by atoms with van der Waals surface area (Å²) in [5.41, 5.74) is 1.11. The smallest absolute Gasteiger partial charge is 0.129 e. The van der Waals surface area contributed by atoms with Gasteiger partial charge < -0.3 is 5.11 Å². The first-order valence-electron chi connectivity index (χ1n) is 7.38. The Hall–Kier alpha value is -1.78. The fraction of sp³-hybridized carbons (Fsp3) is 0.333. The third-order valence-corrected chi connectivity index (χ3v) is 3.68. The lowest BCUT2D eigenvalue weighted by atomic mass is 10.1. The number of rotatable bonds is 6. The van der Waals surface area contributed by atoms with Crippen LogP contribution in [-0.4, -0.2) is 22.6 Å². The molecule has 22 heavy (non-hydrogen) atoms. The summed E-state index contributed by atoms with van der Waals surface area (Å²) in [4.78, 5) is 2.03. The lowest BCUT2D eigenvalue weighted by molar-refractivity contribution is 0.0881. The number of halogens is 2. The second-order valence-electron chi connectivity index (χ2n) is 5.69. The number of aliphatic hydroxyl groups excluding tert-OH is 1. The quantitative estimate of drug-likeness (QED) is 0.874. The highest BCUT2D eigenvalue weighted by Crippen LogP contribution is 2.21. The molecule has 0 spiro atoms. The Balaban J connectivity index is 2.12. The zero-order valence-electron chi connectivity index (χ0n) is 12.8. The minimum atomic E-state index is -1.07. The highest BCUT2D eigenvalue weighted by Gasteiger charge is 2.19. The summed E-state index contributed by atoms with van der Waals surface area (Å²) in [6.07, 6.45) is -1.07. The molecule has 1 atom stereocenters. The first-order chi connectivity index (χ1) is 10.5.